The molecule has 1 fully saturated rings. The van der Waals surface area contributed by atoms with Crippen LogP contribution in [0.2, 0.25) is 0 Å². The van der Waals surface area contributed by atoms with E-state index in [-0.39, 0.29) is 0 Å². The maximum absolute atomic E-state index is 6.13. The largest absolute Gasteiger partial charge is 0.493 e. The first kappa shape index (κ1) is 14.5. The van der Waals surface area contributed by atoms with Gasteiger partial charge in [-0.05, 0) is 40.7 Å². The third-order valence-electron chi connectivity index (χ3n) is 7.72. The molecule has 122 valence electrons. The second-order valence-electron chi connectivity index (χ2n) is 8.74. The summed E-state index contributed by atoms with van der Waals surface area (Å²) in [6, 6.07) is 8.79. The van der Waals surface area contributed by atoms with E-state index in [1.54, 1.807) is 10.5 Å². The van der Waals surface area contributed by atoms with Crippen molar-refractivity contribution in [1.82, 2.24) is 0 Å². The fraction of sp³-hybridized carbons (Fsp3) is 0.619. The van der Waals surface area contributed by atoms with Gasteiger partial charge in [0.15, 0.2) is 0 Å². The smallest absolute Gasteiger partial charge is 0.123 e. The quantitative estimate of drug-likeness (QED) is 0.611. The fourth-order valence-electron chi connectivity index (χ4n) is 5.94. The van der Waals surface area contributed by atoms with Gasteiger partial charge in [-0.2, -0.15) is 0 Å². The number of para-hydroxylation sites is 1. The lowest BCUT2D eigenvalue weighted by Crippen LogP contribution is -2.38. The Morgan fingerprint density at radius 1 is 1.17 bits per heavy atom. The van der Waals surface area contributed by atoms with Gasteiger partial charge in [0.1, 0.15) is 5.75 Å². The second-order valence-corrected chi connectivity index (χ2v) is 10.1. The van der Waals surface area contributed by atoms with Crippen LogP contribution in [0.1, 0.15) is 52.0 Å². The van der Waals surface area contributed by atoms with Gasteiger partial charge in [0.05, 0.1) is 6.61 Å². The molecule has 1 aromatic carbocycles. The molecule has 0 unspecified atom stereocenters. The summed E-state index contributed by atoms with van der Waals surface area (Å²) in [5, 5.41) is 0.652. The lowest BCUT2D eigenvalue weighted by molar-refractivity contribution is 0.170. The molecule has 0 spiro atoms. The first-order chi connectivity index (χ1) is 10.9. The first-order valence-electron chi connectivity index (χ1n) is 9.08. The third kappa shape index (κ3) is 1.57. The molecule has 0 saturated heterocycles. The van der Waals surface area contributed by atoms with E-state index in [0.717, 1.165) is 18.3 Å². The summed E-state index contributed by atoms with van der Waals surface area (Å²) < 4.78 is 6.13. The Hall–Kier alpha value is -0.890. The van der Waals surface area contributed by atoms with Crippen molar-refractivity contribution >= 4 is 11.8 Å². The highest BCUT2D eigenvalue weighted by Gasteiger charge is 2.64. The summed E-state index contributed by atoms with van der Waals surface area (Å²) in [5.74, 6) is 3.12. The first-order valence-corrected chi connectivity index (χ1v) is 9.96. The molecule has 1 aromatic rings. The van der Waals surface area contributed by atoms with Crippen LogP contribution in [-0.2, 0) is 0 Å². The zero-order chi connectivity index (χ0) is 16.0. The Bertz CT molecular complexity index is 718. The average Bonchev–Trinajstić information content (AvgIpc) is 2.86. The monoisotopic (exact) mass is 326 g/mol. The molecule has 2 heteroatoms. The minimum atomic E-state index is 0.393. The number of hydrogen-bond donors (Lipinski definition) is 0. The molecule has 5 rings (SSSR count). The Labute approximate surface area is 143 Å². The Balaban J connectivity index is 1.74. The van der Waals surface area contributed by atoms with Gasteiger partial charge in [-0.3, -0.25) is 0 Å². The standard InChI is InChI=1S/C21H26OS/c1-12-14-11-22-16-8-6-5-7-13(16)17(14)18-15-9-10-21(4,19(18)23-12)20(15,2)3/h5-8,12,14-15,17H,9-11H2,1-4H3/t12-,14+,15+,17+,21-/m0/s1. The van der Waals surface area contributed by atoms with Crippen LogP contribution in [0.25, 0.3) is 0 Å². The topological polar surface area (TPSA) is 9.23 Å². The maximum atomic E-state index is 6.13. The highest BCUT2D eigenvalue weighted by molar-refractivity contribution is 8.03. The van der Waals surface area contributed by atoms with Gasteiger partial charge in [0.2, 0.25) is 0 Å². The van der Waals surface area contributed by atoms with Crippen molar-refractivity contribution in [3.05, 3.63) is 40.3 Å². The molecule has 0 aromatic heterocycles. The minimum Gasteiger partial charge on any atom is -0.493 e. The Kier molecular flexibility index (Phi) is 2.76. The van der Waals surface area contributed by atoms with Crippen LogP contribution < -0.4 is 4.74 Å². The van der Waals surface area contributed by atoms with E-state index in [2.05, 4.69) is 63.7 Å². The molecule has 23 heavy (non-hydrogen) atoms. The molecule has 1 saturated carbocycles. The summed E-state index contributed by atoms with van der Waals surface area (Å²) >= 11 is 2.18. The van der Waals surface area contributed by atoms with Crippen LogP contribution in [0.3, 0.4) is 0 Å². The lowest BCUT2D eigenvalue weighted by atomic mass is 9.68. The van der Waals surface area contributed by atoms with E-state index >= 15 is 0 Å². The number of rotatable bonds is 0. The molecule has 5 atom stereocenters. The van der Waals surface area contributed by atoms with Crippen LogP contribution in [0.4, 0.5) is 0 Å². The normalized spacial score (nSPS) is 42.8. The molecule has 4 aliphatic rings. The molecule has 2 bridgehead atoms. The van der Waals surface area contributed by atoms with E-state index in [4.69, 9.17) is 4.74 Å². The van der Waals surface area contributed by atoms with Gasteiger partial charge >= 0.3 is 0 Å². The van der Waals surface area contributed by atoms with Gasteiger partial charge in [-0.15, -0.1) is 11.8 Å². The third-order valence-corrected chi connectivity index (χ3v) is 9.36. The van der Waals surface area contributed by atoms with E-state index in [0.29, 0.717) is 27.9 Å². The fourth-order valence-corrected chi connectivity index (χ4v) is 7.76. The second kappa shape index (κ2) is 4.39. The molecule has 0 amide bonds. The van der Waals surface area contributed by atoms with Gasteiger partial charge < -0.3 is 4.74 Å². The van der Waals surface area contributed by atoms with Crippen LogP contribution in [0.5, 0.6) is 5.75 Å². The lowest BCUT2D eigenvalue weighted by Gasteiger charge is -2.45. The summed E-state index contributed by atoms with van der Waals surface area (Å²) in [7, 11) is 0. The van der Waals surface area contributed by atoms with Gasteiger partial charge in [-0.1, -0.05) is 45.9 Å². The van der Waals surface area contributed by atoms with Crippen molar-refractivity contribution in [3.63, 3.8) is 0 Å². The van der Waals surface area contributed by atoms with Crippen molar-refractivity contribution in [1.29, 1.82) is 0 Å². The molecular formula is C21H26OS. The number of benzene rings is 1. The molecule has 2 aliphatic heterocycles. The molecular weight excluding hydrogens is 300 g/mol. The summed E-state index contributed by atoms with van der Waals surface area (Å²) in [6.07, 6.45) is 2.75. The van der Waals surface area contributed by atoms with E-state index in [9.17, 15) is 0 Å². The Morgan fingerprint density at radius 3 is 2.78 bits per heavy atom. The molecule has 2 heterocycles. The van der Waals surface area contributed by atoms with E-state index in [1.807, 2.05) is 0 Å². The molecule has 0 radical (unpaired) electrons. The van der Waals surface area contributed by atoms with Gasteiger partial charge in [-0.25, -0.2) is 0 Å². The maximum Gasteiger partial charge on any atom is 0.123 e. The van der Waals surface area contributed by atoms with Crippen molar-refractivity contribution < 1.29 is 4.74 Å². The van der Waals surface area contributed by atoms with Gasteiger partial charge in [0, 0.05) is 28.1 Å². The number of thioether (sulfide) groups is 1. The molecule has 0 N–H and O–H groups in total. The summed E-state index contributed by atoms with van der Waals surface area (Å²) in [5.41, 5.74) is 4.05. The number of fused-ring (bicyclic) bond motifs is 8. The van der Waals surface area contributed by atoms with Crippen molar-refractivity contribution in [2.45, 2.75) is 51.7 Å². The Morgan fingerprint density at radius 2 is 1.96 bits per heavy atom. The van der Waals surface area contributed by atoms with Crippen LogP contribution in [0.15, 0.2) is 34.7 Å². The van der Waals surface area contributed by atoms with Crippen LogP contribution in [-0.4, -0.2) is 11.9 Å². The highest BCUT2D eigenvalue weighted by Crippen LogP contribution is 2.75. The number of allylic oxidation sites excluding steroid dienone is 2. The van der Waals surface area contributed by atoms with Crippen molar-refractivity contribution in [2.75, 3.05) is 6.61 Å². The SMILES string of the molecule is C[C@@H]1SC2=C([C@@H]3c4ccccc4OC[C@H]13)[C@H]1CC[C@]2(C)C1(C)C. The summed E-state index contributed by atoms with van der Waals surface area (Å²) in [4.78, 5) is 1.75. The zero-order valence-corrected chi connectivity index (χ0v) is 15.4. The number of ether oxygens (including phenoxy) is 1. The minimum absolute atomic E-state index is 0.393. The van der Waals surface area contributed by atoms with Crippen LogP contribution >= 0.6 is 11.8 Å². The molecule has 2 aliphatic carbocycles. The predicted molar refractivity (Wildman–Crippen MR) is 96.9 cm³/mol. The average molecular weight is 327 g/mol. The summed E-state index contributed by atoms with van der Waals surface area (Å²) in [6.45, 7) is 10.9. The zero-order valence-electron chi connectivity index (χ0n) is 14.6. The van der Waals surface area contributed by atoms with Crippen molar-refractivity contribution in [3.8, 4) is 5.75 Å². The predicted octanol–water partition coefficient (Wildman–Crippen LogP) is 5.62. The highest BCUT2D eigenvalue weighted by atomic mass is 32.2. The van der Waals surface area contributed by atoms with Gasteiger partial charge in [0.25, 0.3) is 0 Å². The number of hydrogen-bond acceptors (Lipinski definition) is 2. The van der Waals surface area contributed by atoms with Crippen LogP contribution in [0, 0.1) is 22.7 Å². The van der Waals surface area contributed by atoms with E-state index < -0.39 is 0 Å². The van der Waals surface area contributed by atoms with E-state index in [1.165, 1.54) is 18.4 Å². The molecule has 1 nitrogen and oxygen atoms in total. The van der Waals surface area contributed by atoms with Crippen molar-refractivity contribution in [2.24, 2.45) is 22.7 Å².